The van der Waals surface area contributed by atoms with E-state index in [1.165, 1.54) is 45.3 Å². The summed E-state index contributed by atoms with van der Waals surface area (Å²) in [4.78, 5) is 4.89. The summed E-state index contributed by atoms with van der Waals surface area (Å²) in [5, 5.41) is 12.6. The van der Waals surface area contributed by atoms with Gasteiger partial charge in [0.1, 0.15) is 6.04 Å². The normalized spacial score (nSPS) is 24.1. The van der Waals surface area contributed by atoms with Crippen molar-refractivity contribution < 1.29 is 0 Å². The quantitative estimate of drug-likeness (QED) is 0.765. The molecule has 0 radical (unpaired) electrons. The molecule has 0 aromatic heterocycles. The van der Waals surface area contributed by atoms with E-state index in [9.17, 15) is 5.26 Å². The predicted molar refractivity (Wildman–Crippen MR) is 73.3 cm³/mol. The molecule has 1 unspecified atom stereocenters. The molecule has 1 aliphatic heterocycles. The second-order valence-corrected chi connectivity index (χ2v) is 5.73. The first kappa shape index (κ1) is 13.8. The van der Waals surface area contributed by atoms with Crippen LogP contribution in [0.3, 0.4) is 0 Å². The molecule has 2 fully saturated rings. The molecule has 1 heterocycles. The van der Waals surface area contributed by atoms with Crippen LogP contribution < -0.4 is 5.32 Å². The van der Waals surface area contributed by atoms with Gasteiger partial charge in [0.05, 0.1) is 6.07 Å². The molecule has 0 bridgehead atoms. The van der Waals surface area contributed by atoms with Gasteiger partial charge in [0, 0.05) is 18.6 Å². The summed E-state index contributed by atoms with van der Waals surface area (Å²) >= 11 is 0. The van der Waals surface area contributed by atoms with Gasteiger partial charge in [-0.25, -0.2) is 0 Å². The molecule has 2 rings (SSSR count). The number of piperidine rings is 1. The van der Waals surface area contributed by atoms with Gasteiger partial charge in [-0.15, -0.1) is 0 Å². The van der Waals surface area contributed by atoms with Crippen LogP contribution in [0.4, 0.5) is 0 Å². The fourth-order valence-electron chi connectivity index (χ4n) is 2.78. The summed E-state index contributed by atoms with van der Waals surface area (Å²) in [7, 11) is 2.17. The fraction of sp³-hybridized carbons (Fsp3) is 0.929. The third-order valence-corrected chi connectivity index (χ3v) is 4.27. The number of likely N-dealkylation sites (N-methyl/N-ethyl adjacent to an activating group) is 1. The zero-order chi connectivity index (χ0) is 13.0. The maximum Gasteiger partial charge on any atom is 0.108 e. The van der Waals surface area contributed by atoms with E-state index in [2.05, 4.69) is 35.2 Å². The summed E-state index contributed by atoms with van der Waals surface area (Å²) in [5.41, 5.74) is 0. The van der Waals surface area contributed by atoms with E-state index in [1.807, 2.05) is 0 Å². The number of rotatable bonds is 6. The summed E-state index contributed by atoms with van der Waals surface area (Å²) in [6.07, 6.45) is 4.98. The number of likely N-dealkylation sites (tertiary alicyclic amines) is 1. The minimum Gasteiger partial charge on any atom is -0.303 e. The lowest BCUT2D eigenvalue weighted by atomic mass is 10.0. The van der Waals surface area contributed by atoms with Gasteiger partial charge < -0.3 is 9.80 Å². The molecule has 1 saturated carbocycles. The van der Waals surface area contributed by atoms with E-state index >= 15 is 0 Å². The van der Waals surface area contributed by atoms with Gasteiger partial charge in [-0.1, -0.05) is 6.92 Å². The lowest BCUT2D eigenvalue weighted by Crippen LogP contribution is -2.48. The van der Waals surface area contributed by atoms with Gasteiger partial charge in [-0.2, -0.15) is 5.26 Å². The van der Waals surface area contributed by atoms with Crippen molar-refractivity contribution in [3.05, 3.63) is 0 Å². The van der Waals surface area contributed by atoms with E-state index < -0.39 is 0 Å². The Hall–Kier alpha value is -0.630. The first-order valence-electron chi connectivity index (χ1n) is 7.31. The van der Waals surface area contributed by atoms with Gasteiger partial charge >= 0.3 is 0 Å². The minimum atomic E-state index is 0.00621. The highest BCUT2D eigenvalue weighted by molar-refractivity contribution is 4.98. The predicted octanol–water partition coefficient (Wildman–Crippen LogP) is 1.05. The first-order valence-corrected chi connectivity index (χ1v) is 7.31. The zero-order valence-electron chi connectivity index (χ0n) is 11.7. The lowest BCUT2D eigenvalue weighted by molar-refractivity contribution is 0.127. The highest BCUT2D eigenvalue weighted by atomic mass is 15.2. The monoisotopic (exact) mass is 250 g/mol. The number of nitriles is 1. The highest BCUT2D eigenvalue weighted by Crippen LogP contribution is 2.20. The Morgan fingerprint density at radius 3 is 2.50 bits per heavy atom. The van der Waals surface area contributed by atoms with Gasteiger partial charge in [-0.05, 0) is 52.4 Å². The van der Waals surface area contributed by atoms with E-state index in [0.717, 1.165) is 6.54 Å². The molecule has 4 heteroatoms. The van der Waals surface area contributed by atoms with Crippen LogP contribution >= 0.6 is 0 Å². The van der Waals surface area contributed by atoms with E-state index in [1.54, 1.807) is 0 Å². The third-order valence-electron chi connectivity index (χ3n) is 4.27. The minimum absolute atomic E-state index is 0.00621. The van der Waals surface area contributed by atoms with Crippen LogP contribution in [0.1, 0.15) is 32.6 Å². The summed E-state index contributed by atoms with van der Waals surface area (Å²) in [5.74, 6) is 0. The largest absolute Gasteiger partial charge is 0.303 e. The molecule has 0 amide bonds. The molecule has 102 valence electrons. The lowest BCUT2D eigenvalue weighted by Gasteiger charge is -2.37. The van der Waals surface area contributed by atoms with Gasteiger partial charge in [0.15, 0.2) is 0 Å². The molecule has 1 atom stereocenters. The molecule has 2 aliphatic rings. The van der Waals surface area contributed by atoms with Crippen molar-refractivity contribution in [2.45, 2.75) is 50.7 Å². The Morgan fingerprint density at radius 2 is 2.00 bits per heavy atom. The van der Waals surface area contributed by atoms with Crippen LogP contribution in [0, 0.1) is 11.3 Å². The molecule has 0 spiro atoms. The Bertz CT molecular complexity index is 287. The van der Waals surface area contributed by atoms with Crippen LogP contribution in [-0.4, -0.2) is 61.2 Å². The second-order valence-electron chi connectivity index (χ2n) is 5.73. The Labute approximate surface area is 111 Å². The van der Waals surface area contributed by atoms with E-state index in [-0.39, 0.29) is 6.04 Å². The van der Waals surface area contributed by atoms with Crippen LogP contribution in [0.25, 0.3) is 0 Å². The number of hydrogen-bond acceptors (Lipinski definition) is 4. The molecular formula is C14H26N4. The smallest absolute Gasteiger partial charge is 0.108 e. The van der Waals surface area contributed by atoms with Crippen LogP contribution in [0.15, 0.2) is 0 Å². The van der Waals surface area contributed by atoms with Crippen LogP contribution in [-0.2, 0) is 0 Å². The Balaban J connectivity index is 1.73. The van der Waals surface area contributed by atoms with Gasteiger partial charge in [0.25, 0.3) is 0 Å². The summed E-state index contributed by atoms with van der Waals surface area (Å²) in [6.45, 7) is 6.68. The molecular weight excluding hydrogens is 224 g/mol. The molecule has 0 aromatic carbocycles. The first-order chi connectivity index (χ1) is 8.72. The molecule has 1 aliphatic carbocycles. The Kier molecular flexibility index (Phi) is 4.99. The van der Waals surface area contributed by atoms with Crippen molar-refractivity contribution in [3.63, 3.8) is 0 Å². The summed E-state index contributed by atoms with van der Waals surface area (Å²) in [6, 6.07) is 3.68. The fourth-order valence-corrected chi connectivity index (χ4v) is 2.78. The average molecular weight is 250 g/mol. The third kappa shape index (κ3) is 3.94. The van der Waals surface area contributed by atoms with Gasteiger partial charge in [0.2, 0.25) is 0 Å². The maximum atomic E-state index is 9.18. The van der Waals surface area contributed by atoms with E-state index in [4.69, 9.17) is 0 Å². The maximum absolute atomic E-state index is 9.18. The zero-order valence-corrected chi connectivity index (χ0v) is 11.7. The highest BCUT2D eigenvalue weighted by Gasteiger charge is 2.27. The topological polar surface area (TPSA) is 42.3 Å². The van der Waals surface area contributed by atoms with Crippen molar-refractivity contribution in [1.82, 2.24) is 15.1 Å². The van der Waals surface area contributed by atoms with Crippen molar-refractivity contribution >= 4 is 0 Å². The number of hydrogen-bond donors (Lipinski definition) is 1. The second kappa shape index (κ2) is 6.51. The van der Waals surface area contributed by atoms with Crippen LogP contribution in [0.5, 0.6) is 0 Å². The molecule has 0 aromatic rings. The van der Waals surface area contributed by atoms with Crippen molar-refractivity contribution in [2.75, 3.05) is 33.2 Å². The molecule has 4 nitrogen and oxygen atoms in total. The summed E-state index contributed by atoms with van der Waals surface area (Å²) < 4.78 is 0. The molecule has 18 heavy (non-hydrogen) atoms. The number of nitrogens with one attached hydrogen (secondary N) is 1. The van der Waals surface area contributed by atoms with Crippen molar-refractivity contribution in [2.24, 2.45) is 0 Å². The standard InChI is InChI=1S/C14H26N4/c1-3-18-8-6-14(7-9-18)17(2)11-13(10-15)16-12-4-5-12/h12-14,16H,3-9,11H2,1-2H3. The van der Waals surface area contributed by atoms with Crippen LogP contribution in [0.2, 0.25) is 0 Å². The number of nitrogens with zero attached hydrogens (tertiary/aromatic N) is 3. The van der Waals surface area contributed by atoms with Crippen molar-refractivity contribution in [3.8, 4) is 6.07 Å². The SMILES string of the molecule is CCN1CCC(N(C)CC(C#N)NC2CC2)CC1. The molecule has 1 N–H and O–H groups in total. The average Bonchev–Trinajstić information content (AvgIpc) is 3.22. The Morgan fingerprint density at radius 1 is 1.33 bits per heavy atom. The van der Waals surface area contributed by atoms with E-state index in [0.29, 0.717) is 12.1 Å². The van der Waals surface area contributed by atoms with Crippen molar-refractivity contribution in [1.29, 1.82) is 5.26 Å². The molecule has 1 saturated heterocycles. The van der Waals surface area contributed by atoms with Gasteiger partial charge in [-0.3, -0.25) is 5.32 Å².